The van der Waals surface area contributed by atoms with E-state index in [1.807, 2.05) is 57.5 Å². The summed E-state index contributed by atoms with van der Waals surface area (Å²) in [5, 5.41) is 16.1. The second-order valence-electron chi connectivity index (χ2n) is 11.3. The number of carbonyl (C=O) groups is 3. The van der Waals surface area contributed by atoms with Gasteiger partial charge in [-0.25, -0.2) is 4.98 Å². The minimum atomic E-state index is -0.908. The molecule has 5 N–H and O–H groups in total. The van der Waals surface area contributed by atoms with Gasteiger partial charge in [0.2, 0.25) is 17.7 Å². The van der Waals surface area contributed by atoms with Gasteiger partial charge in [-0.05, 0) is 29.9 Å². The molecule has 0 spiro atoms. The average molecular weight is 590 g/mol. The molecule has 0 bridgehead atoms. The van der Waals surface area contributed by atoms with E-state index in [2.05, 4.69) is 15.6 Å². The maximum atomic E-state index is 13.7. The molecule has 1 fully saturated rings. The minimum absolute atomic E-state index is 0.0154. The van der Waals surface area contributed by atoms with Crippen LogP contribution in [0.2, 0.25) is 0 Å². The second kappa shape index (κ2) is 15.4. The van der Waals surface area contributed by atoms with Crippen molar-refractivity contribution in [3.05, 3.63) is 41.0 Å². The highest BCUT2D eigenvalue weighted by atomic mass is 32.1. The number of nitrogens with one attached hydrogen (secondary N) is 2. The summed E-state index contributed by atoms with van der Waals surface area (Å²) in [4.78, 5) is 46.3. The van der Waals surface area contributed by atoms with Crippen molar-refractivity contribution in [2.45, 2.75) is 65.3 Å². The number of hydrogen-bond donors (Lipinski definition) is 4. The van der Waals surface area contributed by atoms with Gasteiger partial charge in [0.25, 0.3) is 0 Å². The Bertz CT molecular complexity index is 1150. The molecule has 3 rings (SSSR count). The van der Waals surface area contributed by atoms with Gasteiger partial charge in [0.1, 0.15) is 18.7 Å². The Morgan fingerprint density at radius 1 is 1.17 bits per heavy atom. The Morgan fingerprint density at radius 2 is 1.88 bits per heavy atom. The summed E-state index contributed by atoms with van der Waals surface area (Å²) in [5.74, 6) is -1.20. The highest BCUT2D eigenvalue weighted by molar-refractivity contribution is 7.13. The average Bonchev–Trinajstić information content (AvgIpc) is 3.54. The fourth-order valence-electron chi connectivity index (χ4n) is 4.60. The van der Waals surface area contributed by atoms with Crippen LogP contribution in [0, 0.1) is 12.3 Å². The van der Waals surface area contributed by atoms with E-state index >= 15 is 0 Å². The van der Waals surface area contributed by atoms with Gasteiger partial charge in [0.15, 0.2) is 0 Å². The van der Waals surface area contributed by atoms with Crippen molar-refractivity contribution >= 4 is 29.1 Å². The number of benzene rings is 1. The molecule has 2 heterocycles. The summed E-state index contributed by atoms with van der Waals surface area (Å²) in [6.45, 7) is 9.32. The lowest BCUT2D eigenvalue weighted by atomic mass is 9.85. The number of ether oxygens (including phenoxy) is 2. The molecule has 226 valence electrons. The van der Waals surface area contributed by atoms with Gasteiger partial charge in [0.05, 0.1) is 28.8 Å². The van der Waals surface area contributed by atoms with Gasteiger partial charge in [-0.1, -0.05) is 45.0 Å². The maximum Gasteiger partial charge on any atom is 0.246 e. The number of nitrogens with zero attached hydrogens (tertiary/aromatic N) is 2. The number of aliphatic hydroxyl groups is 1. The minimum Gasteiger partial charge on any atom is -0.391 e. The SMILES string of the molecule is Cc1ncsc1-c1ccc(CNC(=O)[C@@H]2C[C@@H](O)CN2C(=O)[C@@H](NC(=O)COCCCOCCN)C(C)(C)C)cc1. The van der Waals surface area contributed by atoms with Crippen LogP contribution >= 0.6 is 11.3 Å². The van der Waals surface area contributed by atoms with E-state index < -0.39 is 35.4 Å². The van der Waals surface area contributed by atoms with Crippen LogP contribution in [-0.2, 0) is 30.4 Å². The molecule has 2 aromatic rings. The quantitative estimate of drug-likeness (QED) is 0.242. The van der Waals surface area contributed by atoms with Gasteiger partial charge in [-0.2, -0.15) is 0 Å². The van der Waals surface area contributed by atoms with Crippen LogP contribution in [0.25, 0.3) is 10.4 Å². The number of rotatable bonds is 14. The molecule has 12 heteroatoms. The Hall–Kier alpha value is -2.90. The molecule has 41 heavy (non-hydrogen) atoms. The van der Waals surface area contributed by atoms with Gasteiger partial charge in [0, 0.05) is 39.3 Å². The van der Waals surface area contributed by atoms with Crippen molar-refractivity contribution < 1.29 is 29.0 Å². The molecule has 1 saturated heterocycles. The van der Waals surface area contributed by atoms with Crippen LogP contribution < -0.4 is 16.4 Å². The molecule has 0 radical (unpaired) electrons. The first-order valence-corrected chi connectivity index (χ1v) is 14.8. The predicted molar refractivity (Wildman–Crippen MR) is 157 cm³/mol. The Balaban J connectivity index is 1.57. The molecule has 1 aromatic heterocycles. The van der Waals surface area contributed by atoms with E-state index in [1.54, 1.807) is 11.3 Å². The number of carbonyl (C=O) groups excluding carboxylic acids is 3. The van der Waals surface area contributed by atoms with Crippen molar-refractivity contribution in [3.63, 3.8) is 0 Å². The van der Waals surface area contributed by atoms with Crippen LogP contribution in [0.4, 0.5) is 0 Å². The van der Waals surface area contributed by atoms with Crippen LogP contribution in [0.15, 0.2) is 29.8 Å². The number of amides is 3. The zero-order chi connectivity index (χ0) is 30.0. The largest absolute Gasteiger partial charge is 0.391 e. The fourth-order valence-corrected chi connectivity index (χ4v) is 5.41. The number of likely N-dealkylation sites (tertiary alicyclic amines) is 1. The lowest BCUT2D eigenvalue weighted by molar-refractivity contribution is -0.144. The molecule has 0 aliphatic carbocycles. The number of nitrogens with two attached hydrogens (primary N) is 1. The number of aromatic nitrogens is 1. The summed E-state index contributed by atoms with van der Waals surface area (Å²) in [7, 11) is 0. The molecule has 3 amide bonds. The van der Waals surface area contributed by atoms with Crippen molar-refractivity contribution in [1.82, 2.24) is 20.5 Å². The zero-order valence-corrected chi connectivity index (χ0v) is 25.2. The highest BCUT2D eigenvalue weighted by Crippen LogP contribution is 2.28. The number of aryl methyl sites for hydroxylation is 1. The summed E-state index contributed by atoms with van der Waals surface area (Å²) in [6.07, 6.45) is -0.0907. The first-order chi connectivity index (χ1) is 19.5. The molecule has 1 aliphatic heterocycles. The lowest BCUT2D eigenvalue weighted by Gasteiger charge is -2.35. The van der Waals surface area contributed by atoms with Gasteiger partial charge in [-0.15, -0.1) is 11.3 Å². The van der Waals surface area contributed by atoms with Crippen LogP contribution in [-0.4, -0.2) is 90.4 Å². The van der Waals surface area contributed by atoms with Crippen molar-refractivity contribution in [2.75, 3.05) is 39.5 Å². The second-order valence-corrected chi connectivity index (χ2v) is 12.1. The zero-order valence-electron chi connectivity index (χ0n) is 24.4. The van der Waals surface area contributed by atoms with E-state index in [4.69, 9.17) is 15.2 Å². The van der Waals surface area contributed by atoms with Gasteiger partial charge < -0.3 is 35.8 Å². The maximum absolute atomic E-state index is 13.7. The number of hydrogen-bond acceptors (Lipinski definition) is 9. The van der Waals surface area contributed by atoms with Crippen LogP contribution in [0.5, 0.6) is 0 Å². The fraction of sp³-hybridized carbons (Fsp3) is 0.586. The van der Waals surface area contributed by atoms with Gasteiger partial charge in [-0.3, -0.25) is 14.4 Å². The van der Waals surface area contributed by atoms with E-state index in [0.29, 0.717) is 32.8 Å². The summed E-state index contributed by atoms with van der Waals surface area (Å²) in [6, 6.07) is 6.13. The lowest BCUT2D eigenvalue weighted by Crippen LogP contribution is -2.58. The van der Waals surface area contributed by atoms with Crippen LogP contribution in [0.3, 0.4) is 0 Å². The monoisotopic (exact) mass is 589 g/mol. The highest BCUT2D eigenvalue weighted by Gasteiger charge is 2.44. The third-order valence-corrected chi connectivity index (χ3v) is 7.76. The molecular weight excluding hydrogens is 546 g/mol. The molecule has 0 unspecified atom stereocenters. The Kier molecular flexibility index (Phi) is 12.2. The van der Waals surface area contributed by atoms with Crippen molar-refractivity contribution in [1.29, 1.82) is 0 Å². The summed E-state index contributed by atoms with van der Waals surface area (Å²) < 4.78 is 10.7. The topological polar surface area (TPSA) is 156 Å². The molecule has 1 aliphatic rings. The smallest absolute Gasteiger partial charge is 0.246 e. The predicted octanol–water partition coefficient (Wildman–Crippen LogP) is 1.61. The van der Waals surface area contributed by atoms with E-state index in [1.165, 1.54) is 4.90 Å². The molecule has 11 nitrogen and oxygen atoms in total. The Labute approximate surface area is 245 Å². The standard InChI is InChI=1S/C29H43N5O6S/c1-19-25(41-18-32-19)21-8-6-20(7-9-21)15-31-27(37)23-14-22(35)16-34(23)28(38)26(29(2,3)4)33-24(36)17-40-12-5-11-39-13-10-30/h6-9,18,22-23,26,35H,5,10-17,30H2,1-4H3,(H,31,37)(H,33,36)/t22-,23+,26-/m1/s1. The van der Waals surface area contributed by atoms with Crippen molar-refractivity contribution in [2.24, 2.45) is 11.1 Å². The number of thiazole rings is 1. The summed E-state index contributed by atoms with van der Waals surface area (Å²) in [5.41, 5.74) is 9.49. The van der Waals surface area contributed by atoms with Crippen LogP contribution in [0.1, 0.15) is 44.9 Å². The number of β-amino-alcohol motifs (C(OH)–C–C–N with tert-alkyl or cyclic N) is 1. The normalized spacial score (nSPS) is 17.9. The van der Waals surface area contributed by atoms with Gasteiger partial charge >= 0.3 is 0 Å². The molecular formula is C29H43N5O6S. The van der Waals surface area contributed by atoms with E-state index in [0.717, 1.165) is 21.7 Å². The third kappa shape index (κ3) is 9.57. The van der Waals surface area contributed by atoms with E-state index in [-0.39, 0.29) is 32.0 Å². The number of aliphatic hydroxyl groups excluding tert-OH is 1. The molecule has 3 atom stereocenters. The third-order valence-electron chi connectivity index (χ3n) is 6.78. The summed E-state index contributed by atoms with van der Waals surface area (Å²) >= 11 is 1.58. The Morgan fingerprint density at radius 3 is 2.51 bits per heavy atom. The first kappa shape index (κ1) is 32.6. The molecule has 0 saturated carbocycles. The van der Waals surface area contributed by atoms with E-state index in [9.17, 15) is 19.5 Å². The molecule has 1 aromatic carbocycles. The van der Waals surface area contributed by atoms with Crippen molar-refractivity contribution in [3.8, 4) is 10.4 Å². The first-order valence-electron chi connectivity index (χ1n) is 13.9.